The average Bonchev–Trinajstić information content (AvgIpc) is 2.97. The number of hydrogen-bond donors (Lipinski definition) is 1. The number of ether oxygens (including phenoxy) is 1. The molecule has 1 aliphatic heterocycles. The van der Waals surface area contributed by atoms with Crippen molar-refractivity contribution in [2.45, 2.75) is 20.0 Å². The van der Waals surface area contributed by atoms with Crippen LogP contribution in [0.5, 0.6) is 5.75 Å². The van der Waals surface area contributed by atoms with E-state index in [2.05, 4.69) is 15.3 Å². The number of pyridine rings is 1. The molecule has 142 valence electrons. The van der Waals surface area contributed by atoms with Crippen molar-refractivity contribution in [3.05, 3.63) is 65.1 Å². The van der Waals surface area contributed by atoms with Crippen molar-refractivity contribution in [1.29, 1.82) is 0 Å². The maximum absolute atomic E-state index is 13.8. The highest BCUT2D eigenvalue weighted by atomic mass is 19.1. The van der Waals surface area contributed by atoms with Gasteiger partial charge in [0.2, 0.25) is 5.91 Å². The minimum atomic E-state index is -0.733. The fourth-order valence-corrected chi connectivity index (χ4v) is 3.08. The number of aromatic nitrogens is 2. The molecular weight excluding hydrogens is 370 g/mol. The Hall–Kier alpha value is -3.62. The lowest BCUT2D eigenvalue weighted by atomic mass is 10.1. The summed E-state index contributed by atoms with van der Waals surface area (Å²) < 4.78 is 34.9. The Morgan fingerprint density at radius 2 is 1.93 bits per heavy atom. The summed E-state index contributed by atoms with van der Waals surface area (Å²) in [5.74, 6) is -1.56. The summed E-state index contributed by atoms with van der Waals surface area (Å²) in [5, 5.41) is 2.11. The molecule has 0 saturated carbocycles. The Labute approximate surface area is 157 Å². The van der Waals surface area contributed by atoms with Crippen molar-refractivity contribution in [2.24, 2.45) is 4.99 Å². The molecule has 1 N–H and O–H groups in total. The molecular formula is C19H14F2N4O3. The van der Waals surface area contributed by atoms with Crippen LogP contribution in [0.2, 0.25) is 0 Å². The first-order valence-electron chi connectivity index (χ1n) is 8.39. The van der Waals surface area contributed by atoms with Crippen LogP contribution in [0, 0.1) is 18.6 Å². The lowest BCUT2D eigenvalue weighted by molar-refractivity contribution is -0.118. The lowest BCUT2D eigenvalue weighted by Crippen LogP contribution is -2.35. The Morgan fingerprint density at radius 3 is 2.64 bits per heavy atom. The molecule has 3 aromatic rings. The van der Waals surface area contributed by atoms with Gasteiger partial charge in [-0.05, 0) is 31.2 Å². The van der Waals surface area contributed by atoms with Crippen molar-refractivity contribution in [3.63, 3.8) is 0 Å². The summed E-state index contributed by atoms with van der Waals surface area (Å²) in [7, 11) is 0. The van der Waals surface area contributed by atoms with Crippen LogP contribution in [0.25, 0.3) is 5.65 Å². The van der Waals surface area contributed by atoms with Crippen molar-refractivity contribution >= 4 is 23.3 Å². The molecule has 4 rings (SSSR count). The monoisotopic (exact) mass is 384 g/mol. The van der Waals surface area contributed by atoms with Crippen LogP contribution in [0.4, 0.5) is 13.6 Å². The number of urea groups is 1. The van der Waals surface area contributed by atoms with Crippen molar-refractivity contribution < 1.29 is 23.1 Å². The Kier molecular flexibility index (Phi) is 4.34. The first-order chi connectivity index (χ1) is 13.4. The molecule has 0 fully saturated rings. The number of aryl methyl sites for hydroxylation is 1. The van der Waals surface area contributed by atoms with Crippen molar-refractivity contribution in [1.82, 2.24) is 14.7 Å². The van der Waals surface area contributed by atoms with E-state index in [1.807, 2.05) is 0 Å². The highest BCUT2D eigenvalue weighted by Gasteiger charge is 2.24. The maximum atomic E-state index is 13.8. The van der Waals surface area contributed by atoms with E-state index in [0.717, 1.165) is 12.1 Å². The van der Waals surface area contributed by atoms with Crippen LogP contribution < -0.4 is 10.1 Å². The summed E-state index contributed by atoms with van der Waals surface area (Å²) >= 11 is 0. The van der Waals surface area contributed by atoms with E-state index in [1.165, 1.54) is 6.07 Å². The molecule has 3 amide bonds. The highest BCUT2D eigenvalue weighted by Crippen LogP contribution is 2.25. The molecule has 1 aliphatic rings. The van der Waals surface area contributed by atoms with E-state index in [9.17, 15) is 18.4 Å². The molecule has 0 saturated heterocycles. The normalized spacial score (nSPS) is 14.2. The van der Waals surface area contributed by atoms with Crippen LogP contribution in [0.1, 0.15) is 23.4 Å². The third-order valence-corrected chi connectivity index (χ3v) is 4.31. The van der Waals surface area contributed by atoms with Gasteiger partial charge in [0.25, 0.3) is 0 Å². The molecule has 28 heavy (non-hydrogen) atoms. The fourth-order valence-electron chi connectivity index (χ4n) is 3.08. The van der Waals surface area contributed by atoms with Crippen LogP contribution in [0.15, 0.2) is 41.5 Å². The summed E-state index contributed by atoms with van der Waals surface area (Å²) in [6, 6.07) is 6.14. The van der Waals surface area contributed by atoms with Crippen molar-refractivity contribution in [2.75, 3.05) is 0 Å². The number of benzene rings is 1. The third-order valence-electron chi connectivity index (χ3n) is 4.31. The zero-order valence-electron chi connectivity index (χ0n) is 14.7. The number of amides is 3. The quantitative estimate of drug-likeness (QED) is 0.750. The number of imidazole rings is 1. The topological polar surface area (TPSA) is 85.1 Å². The molecule has 0 atom stereocenters. The predicted molar refractivity (Wildman–Crippen MR) is 95.3 cm³/mol. The minimum Gasteiger partial charge on any atom is -0.485 e. The van der Waals surface area contributed by atoms with Gasteiger partial charge in [-0.1, -0.05) is 6.07 Å². The number of carbonyl (C=O) groups is 2. The molecule has 7 nitrogen and oxygen atoms in total. The molecule has 9 heteroatoms. The SMILES string of the molecule is Cc1nc2c(OCc3c(F)cccc3F)cccn2c1C1=NC(=O)NC(=O)C1. The van der Waals surface area contributed by atoms with E-state index >= 15 is 0 Å². The van der Waals surface area contributed by atoms with E-state index in [1.54, 1.807) is 29.7 Å². The number of halogens is 2. The van der Waals surface area contributed by atoms with Gasteiger partial charge in [0.1, 0.15) is 18.2 Å². The number of hydrogen-bond acceptors (Lipinski definition) is 4. The number of nitrogens with zero attached hydrogens (tertiary/aromatic N) is 3. The number of imide groups is 1. The van der Waals surface area contributed by atoms with Gasteiger partial charge in [-0.2, -0.15) is 4.99 Å². The zero-order chi connectivity index (χ0) is 19.8. The second kappa shape index (κ2) is 6.84. The summed E-state index contributed by atoms with van der Waals surface area (Å²) in [5.41, 5.74) is 1.52. The fraction of sp³-hybridized carbons (Fsp3) is 0.158. The van der Waals surface area contributed by atoms with Crippen LogP contribution in [-0.4, -0.2) is 27.0 Å². The van der Waals surface area contributed by atoms with Gasteiger partial charge in [0, 0.05) is 6.20 Å². The first-order valence-corrected chi connectivity index (χ1v) is 8.39. The van der Waals surface area contributed by atoms with Gasteiger partial charge >= 0.3 is 6.03 Å². The van der Waals surface area contributed by atoms with Crippen LogP contribution in [-0.2, 0) is 11.4 Å². The summed E-state index contributed by atoms with van der Waals surface area (Å²) in [4.78, 5) is 31.5. The smallest absolute Gasteiger partial charge is 0.347 e. The second-order valence-electron chi connectivity index (χ2n) is 6.19. The maximum Gasteiger partial charge on any atom is 0.347 e. The summed E-state index contributed by atoms with van der Waals surface area (Å²) in [6.45, 7) is 1.39. The lowest BCUT2D eigenvalue weighted by Gasteiger charge is -2.12. The van der Waals surface area contributed by atoms with E-state index in [0.29, 0.717) is 22.8 Å². The highest BCUT2D eigenvalue weighted by molar-refractivity contribution is 6.20. The molecule has 2 aromatic heterocycles. The molecule has 0 spiro atoms. The Morgan fingerprint density at radius 1 is 1.18 bits per heavy atom. The van der Waals surface area contributed by atoms with Gasteiger partial charge < -0.3 is 4.74 Å². The van der Waals surface area contributed by atoms with Gasteiger partial charge in [0.15, 0.2) is 11.4 Å². The van der Waals surface area contributed by atoms with Gasteiger partial charge in [-0.25, -0.2) is 18.6 Å². The van der Waals surface area contributed by atoms with Crippen molar-refractivity contribution in [3.8, 4) is 5.75 Å². The standard InChI is InChI=1S/C19H14F2N4O3/c1-10-17(14-8-16(26)24-19(27)23-14)25-7-3-6-15(18(25)22-10)28-9-11-12(20)4-2-5-13(11)21/h2-7H,8-9H2,1H3,(H,24,26,27). The molecule has 0 unspecified atom stereocenters. The Balaban J connectivity index is 1.72. The molecule has 0 bridgehead atoms. The van der Waals surface area contributed by atoms with E-state index in [4.69, 9.17) is 4.74 Å². The summed E-state index contributed by atoms with van der Waals surface area (Å²) in [6.07, 6.45) is 1.62. The van der Waals surface area contributed by atoms with Crippen LogP contribution >= 0.6 is 0 Å². The van der Waals surface area contributed by atoms with Gasteiger partial charge in [-0.15, -0.1) is 0 Å². The predicted octanol–water partition coefficient (Wildman–Crippen LogP) is 2.93. The van der Waals surface area contributed by atoms with E-state index < -0.39 is 23.6 Å². The number of rotatable bonds is 4. The zero-order valence-corrected chi connectivity index (χ0v) is 14.7. The first kappa shape index (κ1) is 17.8. The van der Waals surface area contributed by atoms with Gasteiger partial charge in [-0.3, -0.25) is 14.5 Å². The second-order valence-corrected chi connectivity index (χ2v) is 6.19. The Bertz CT molecular complexity index is 1130. The number of aliphatic imine (C=N–C) groups is 1. The average molecular weight is 384 g/mol. The van der Waals surface area contributed by atoms with Gasteiger partial charge in [0.05, 0.1) is 29.1 Å². The van der Waals surface area contributed by atoms with Crippen LogP contribution in [0.3, 0.4) is 0 Å². The number of fused-ring (bicyclic) bond motifs is 1. The molecule has 3 heterocycles. The number of carbonyl (C=O) groups excluding carboxylic acids is 2. The molecule has 1 aromatic carbocycles. The minimum absolute atomic E-state index is 0.0636. The van der Waals surface area contributed by atoms with E-state index in [-0.39, 0.29) is 24.3 Å². The largest absolute Gasteiger partial charge is 0.485 e. The molecule has 0 aliphatic carbocycles. The third kappa shape index (κ3) is 3.11. The molecule has 0 radical (unpaired) electrons. The number of nitrogens with one attached hydrogen (secondary N) is 1.